The number of carbonyl (C=O) groups excluding carboxylic acids is 1. The van der Waals surface area contributed by atoms with Gasteiger partial charge in [-0.25, -0.2) is 5.06 Å². The summed E-state index contributed by atoms with van der Waals surface area (Å²) >= 11 is 0. The second kappa shape index (κ2) is 5.66. The van der Waals surface area contributed by atoms with Gasteiger partial charge < -0.3 is 0 Å². The number of rotatable bonds is 7. The first kappa shape index (κ1) is 11.1. The molecule has 86 valence electrons. The van der Waals surface area contributed by atoms with Crippen molar-refractivity contribution in [3.05, 3.63) is 35.9 Å². The summed E-state index contributed by atoms with van der Waals surface area (Å²) in [6, 6.07) is 10.7. The lowest BCUT2D eigenvalue weighted by Gasteiger charge is -2.15. The Balaban J connectivity index is 1.63. The van der Waals surface area contributed by atoms with Crippen LogP contribution in [0.15, 0.2) is 30.3 Å². The van der Waals surface area contributed by atoms with Gasteiger partial charge in [-0.05, 0) is 31.2 Å². The first-order valence-electron chi connectivity index (χ1n) is 5.80. The molecular weight excluding hydrogens is 202 g/mol. The normalized spacial score (nSPS) is 14.8. The highest BCUT2D eigenvalue weighted by Crippen LogP contribution is 2.25. The van der Waals surface area contributed by atoms with E-state index in [1.54, 1.807) is 0 Å². The van der Waals surface area contributed by atoms with Crippen LogP contribution >= 0.6 is 0 Å². The number of nitrogens with zero attached hydrogens (tertiary/aromatic N) is 1. The number of amides is 1. The fraction of sp³-hybridized carbons (Fsp3) is 0.462. The van der Waals surface area contributed by atoms with Gasteiger partial charge in [0.15, 0.2) is 0 Å². The molecule has 0 heterocycles. The molecule has 1 aromatic carbocycles. The van der Waals surface area contributed by atoms with Gasteiger partial charge in [-0.3, -0.25) is 9.63 Å². The van der Waals surface area contributed by atoms with Gasteiger partial charge in [0.1, 0.15) is 0 Å². The number of benzene rings is 1. The van der Waals surface area contributed by atoms with Crippen molar-refractivity contribution < 1.29 is 9.63 Å². The zero-order chi connectivity index (χ0) is 11.2. The van der Waals surface area contributed by atoms with E-state index >= 15 is 0 Å². The van der Waals surface area contributed by atoms with Crippen molar-refractivity contribution in [2.24, 2.45) is 0 Å². The van der Waals surface area contributed by atoms with E-state index in [1.807, 2.05) is 18.2 Å². The van der Waals surface area contributed by atoms with E-state index in [2.05, 4.69) is 12.1 Å². The third-order valence-electron chi connectivity index (χ3n) is 2.70. The van der Waals surface area contributed by atoms with E-state index in [1.165, 1.54) is 10.6 Å². The lowest BCUT2D eigenvalue weighted by atomic mass is 10.1. The summed E-state index contributed by atoms with van der Waals surface area (Å²) in [7, 11) is 0. The molecule has 3 heteroatoms. The molecule has 0 bridgehead atoms. The average Bonchev–Trinajstić information content (AvgIpc) is 3.15. The zero-order valence-corrected chi connectivity index (χ0v) is 9.34. The highest BCUT2D eigenvalue weighted by Gasteiger charge is 2.28. The second-order valence-electron chi connectivity index (χ2n) is 4.12. The number of carbonyl (C=O) groups is 1. The van der Waals surface area contributed by atoms with Gasteiger partial charge >= 0.3 is 0 Å². The largest absolute Gasteiger partial charge is 0.276 e. The molecule has 0 spiro atoms. The number of aryl methyl sites for hydroxylation is 1. The molecule has 0 aromatic heterocycles. The standard InChI is InChI=1S/C13H17NO2/c15-11-14(13-8-9-13)16-10-4-7-12-5-2-1-3-6-12/h1-3,5-6,11,13H,4,7-10H2. The molecular formula is C13H17NO2. The lowest BCUT2D eigenvalue weighted by molar-refractivity contribution is -0.176. The Labute approximate surface area is 96.0 Å². The zero-order valence-electron chi connectivity index (χ0n) is 9.34. The number of hydroxylamine groups is 2. The third kappa shape index (κ3) is 3.35. The van der Waals surface area contributed by atoms with Crippen LogP contribution in [0.3, 0.4) is 0 Å². The third-order valence-corrected chi connectivity index (χ3v) is 2.70. The van der Waals surface area contributed by atoms with Crippen molar-refractivity contribution in [3.63, 3.8) is 0 Å². The van der Waals surface area contributed by atoms with Gasteiger partial charge in [0.05, 0.1) is 12.6 Å². The Morgan fingerprint density at radius 1 is 1.31 bits per heavy atom. The molecule has 0 aliphatic heterocycles. The maximum absolute atomic E-state index is 10.7. The molecule has 0 unspecified atom stereocenters. The Hall–Kier alpha value is -1.35. The van der Waals surface area contributed by atoms with Crippen LogP contribution in [0.5, 0.6) is 0 Å². The van der Waals surface area contributed by atoms with Crippen molar-refractivity contribution in [1.82, 2.24) is 5.06 Å². The first-order chi connectivity index (χ1) is 7.90. The molecule has 1 amide bonds. The molecule has 1 fully saturated rings. The molecule has 1 aliphatic rings. The molecule has 3 nitrogen and oxygen atoms in total. The Morgan fingerprint density at radius 3 is 2.69 bits per heavy atom. The van der Waals surface area contributed by atoms with Crippen LogP contribution in [-0.4, -0.2) is 24.1 Å². The Morgan fingerprint density at radius 2 is 2.06 bits per heavy atom. The highest BCUT2D eigenvalue weighted by atomic mass is 16.7. The predicted octanol–water partition coefficient (Wildman–Crippen LogP) is 2.17. The van der Waals surface area contributed by atoms with E-state index in [4.69, 9.17) is 4.84 Å². The van der Waals surface area contributed by atoms with Crippen molar-refractivity contribution >= 4 is 6.41 Å². The first-order valence-corrected chi connectivity index (χ1v) is 5.80. The molecule has 16 heavy (non-hydrogen) atoms. The maximum Gasteiger partial charge on any atom is 0.233 e. The molecule has 1 saturated carbocycles. The van der Waals surface area contributed by atoms with Crippen LogP contribution in [0.2, 0.25) is 0 Å². The molecule has 1 aromatic rings. The van der Waals surface area contributed by atoms with Crippen LogP contribution in [0.4, 0.5) is 0 Å². The number of hydrogen-bond donors (Lipinski definition) is 0. The summed E-state index contributed by atoms with van der Waals surface area (Å²) in [5.74, 6) is 0. The fourth-order valence-corrected chi connectivity index (χ4v) is 1.64. The molecule has 2 rings (SSSR count). The summed E-state index contributed by atoms with van der Waals surface area (Å²) in [5, 5.41) is 1.46. The van der Waals surface area contributed by atoms with Crippen LogP contribution in [0.25, 0.3) is 0 Å². The van der Waals surface area contributed by atoms with E-state index in [0.29, 0.717) is 12.6 Å². The Kier molecular flexibility index (Phi) is 3.94. The minimum absolute atomic E-state index is 0.342. The summed E-state index contributed by atoms with van der Waals surface area (Å²) in [6.45, 7) is 0.615. The van der Waals surface area contributed by atoms with E-state index < -0.39 is 0 Å². The predicted molar refractivity (Wildman–Crippen MR) is 61.6 cm³/mol. The molecule has 0 radical (unpaired) electrons. The van der Waals surface area contributed by atoms with E-state index in [-0.39, 0.29) is 0 Å². The van der Waals surface area contributed by atoms with E-state index in [9.17, 15) is 4.79 Å². The van der Waals surface area contributed by atoms with Crippen molar-refractivity contribution in [1.29, 1.82) is 0 Å². The second-order valence-corrected chi connectivity index (χ2v) is 4.12. The minimum Gasteiger partial charge on any atom is -0.276 e. The van der Waals surface area contributed by atoms with Crippen molar-refractivity contribution in [3.8, 4) is 0 Å². The van der Waals surface area contributed by atoms with Gasteiger partial charge in [-0.2, -0.15) is 0 Å². The van der Waals surface area contributed by atoms with Gasteiger partial charge in [0.2, 0.25) is 6.41 Å². The van der Waals surface area contributed by atoms with Crippen LogP contribution in [0.1, 0.15) is 24.8 Å². The summed E-state index contributed by atoms with van der Waals surface area (Å²) in [6.07, 6.45) is 4.90. The van der Waals surface area contributed by atoms with Crippen LogP contribution in [-0.2, 0) is 16.1 Å². The van der Waals surface area contributed by atoms with Crippen molar-refractivity contribution in [2.45, 2.75) is 31.7 Å². The molecule has 0 N–H and O–H groups in total. The molecule has 0 saturated heterocycles. The smallest absolute Gasteiger partial charge is 0.233 e. The topological polar surface area (TPSA) is 29.5 Å². The highest BCUT2D eigenvalue weighted by molar-refractivity contribution is 5.46. The molecule has 0 atom stereocenters. The monoisotopic (exact) mass is 219 g/mol. The van der Waals surface area contributed by atoms with Gasteiger partial charge in [0.25, 0.3) is 0 Å². The summed E-state index contributed by atoms with van der Waals surface area (Å²) < 4.78 is 0. The van der Waals surface area contributed by atoms with Gasteiger partial charge in [-0.1, -0.05) is 30.3 Å². The minimum atomic E-state index is 0.342. The van der Waals surface area contributed by atoms with Gasteiger partial charge in [-0.15, -0.1) is 0 Å². The maximum atomic E-state index is 10.7. The number of hydrogen-bond acceptors (Lipinski definition) is 2. The van der Waals surface area contributed by atoms with Crippen molar-refractivity contribution in [2.75, 3.05) is 6.61 Å². The average molecular weight is 219 g/mol. The fourth-order valence-electron chi connectivity index (χ4n) is 1.64. The van der Waals surface area contributed by atoms with Gasteiger partial charge in [0, 0.05) is 0 Å². The lowest BCUT2D eigenvalue weighted by Crippen LogP contribution is -2.25. The Bertz CT molecular complexity index is 322. The van der Waals surface area contributed by atoms with E-state index in [0.717, 1.165) is 32.1 Å². The van der Waals surface area contributed by atoms with Crippen LogP contribution in [0, 0.1) is 0 Å². The molecule has 1 aliphatic carbocycles. The quantitative estimate of drug-likeness (QED) is 0.399. The summed E-state index contributed by atoms with van der Waals surface area (Å²) in [4.78, 5) is 16.1. The SMILES string of the molecule is O=CN(OCCCc1ccccc1)C1CC1. The van der Waals surface area contributed by atoms with Crippen LogP contribution < -0.4 is 0 Å². The summed E-state index contributed by atoms with van der Waals surface area (Å²) in [5.41, 5.74) is 1.31.